The minimum Gasteiger partial charge on any atom is -0.376 e. The number of hydrogen-bond donors (Lipinski definition) is 0. The van der Waals surface area contributed by atoms with Crippen LogP contribution in [-0.2, 0) is 4.74 Å². The Bertz CT molecular complexity index is 837. The number of halogens is 1. The number of para-hydroxylation sites is 1. The van der Waals surface area contributed by atoms with Gasteiger partial charge >= 0.3 is 0 Å². The molecule has 7 heteroatoms. The molecule has 1 aliphatic rings. The summed E-state index contributed by atoms with van der Waals surface area (Å²) in [6, 6.07) is 11.4. The van der Waals surface area contributed by atoms with E-state index in [1.807, 2.05) is 24.3 Å². The van der Waals surface area contributed by atoms with Gasteiger partial charge in [0.25, 0.3) is 5.91 Å². The number of hydrogen-bond acceptors (Lipinski definition) is 5. The van der Waals surface area contributed by atoms with Gasteiger partial charge in [0.2, 0.25) is 0 Å². The van der Waals surface area contributed by atoms with Gasteiger partial charge in [0.05, 0.1) is 32.1 Å². The van der Waals surface area contributed by atoms with Crippen molar-refractivity contribution in [2.24, 2.45) is 0 Å². The van der Waals surface area contributed by atoms with Crippen LogP contribution in [0.3, 0.4) is 0 Å². The third-order valence-corrected chi connectivity index (χ3v) is 6.23. The first-order valence-corrected chi connectivity index (χ1v) is 9.76. The molecule has 0 radical (unpaired) electrons. The fourth-order valence-electron chi connectivity index (χ4n) is 2.78. The van der Waals surface area contributed by atoms with Crippen molar-refractivity contribution < 1.29 is 9.53 Å². The average molecular weight is 379 g/mol. The number of thiophene rings is 1. The monoisotopic (exact) mass is 378 g/mol. The van der Waals surface area contributed by atoms with Crippen LogP contribution in [0.2, 0.25) is 4.34 Å². The highest BCUT2D eigenvalue weighted by atomic mass is 35.5. The number of benzene rings is 1. The van der Waals surface area contributed by atoms with Crippen LogP contribution in [-0.4, -0.2) is 30.1 Å². The molecule has 0 bridgehead atoms. The van der Waals surface area contributed by atoms with Crippen molar-refractivity contribution in [2.75, 3.05) is 18.1 Å². The number of fused-ring (bicyclic) bond motifs is 1. The molecule has 1 aromatic carbocycles. The number of ether oxygens (including phenoxy) is 1. The van der Waals surface area contributed by atoms with Crippen molar-refractivity contribution in [1.82, 2.24) is 4.98 Å². The Balaban J connectivity index is 1.69. The molecular weight excluding hydrogens is 364 g/mol. The molecule has 3 heterocycles. The molecule has 1 aliphatic heterocycles. The van der Waals surface area contributed by atoms with E-state index in [1.54, 1.807) is 17.0 Å². The van der Waals surface area contributed by atoms with E-state index in [1.165, 1.54) is 22.7 Å². The predicted molar refractivity (Wildman–Crippen MR) is 99.6 cm³/mol. The van der Waals surface area contributed by atoms with E-state index >= 15 is 0 Å². The van der Waals surface area contributed by atoms with Crippen molar-refractivity contribution in [3.63, 3.8) is 0 Å². The Hall–Kier alpha value is -1.47. The van der Waals surface area contributed by atoms with Gasteiger partial charge in [-0.1, -0.05) is 35.1 Å². The standard InChI is InChI=1S/C17H15ClN2O2S2/c18-15-8-7-14(23-15)16(21)20(10-11-4-3-9-22-11)17-19-12-5-1-2-6-13(12)24-17/h1-2,5-8,11H,3-4,9-10H2. The maximum Gasteiger partial charge on any atom is 0.270 e. The molecule has 124 valence electrons. The summed E-state index contributed by atoms with van der Waals surface area (Å²) in [4.78, 5) is 20.0. The summed E-state index contributed by atoms with van der Waals surface area (Å²) in [5.41, 5.74) is 0.909. The lowest BCUT2D eigenvalue weighted by molar-refractivity contribution is 0.0920. The van der Waals surface area contributed by atoms with Gasteiger partial charge in [-0.3, -0.25) is 9.69 Å². The molecule has 4 rings (SSSR count). The zero-order valence-electron chi connectivity index (χ0n) is 12.8. The first-order chi connectivity index (χ1) is 11.7. The summed E-state index contributed by atoms with van der Waals surface area (Å²) in [5.74, 6) is -0.0681. The highest BCUT2D eigenvalue weighted by molar-refractivity contribution is 7.22. The van der Waals surface area contributed by atoms with Crippen molar-refractivity contribution in [3.05, 3.63) is 45.6 Å². The lowest BCUT2D eigenvalue weighted by atomic mass is 10.2. The number of carbonyl (C=O) groups is 1. The Morgan fingerprint density at radius 3 is 2.88 bits per heavy atom. The average Bonchev–Trinajstić information content (AvgIpc) is 3.32. The number of aromatic nitrogens is 1. The number of carbonyl (C=O) groups excluding carboxylic acids is 1. The maximum atomic E-state index is 13.0. The fourth-order valence-corrected chi connectivity index (χ4v) is 4.74. The highest BCUT2D eigenvalue weighted by Gasteiger charge is 2.27. The summed E-state index contributed by atoms with van der Waals surface area (Å²) in [6.45, 7) is 1.28. The van der Waals surface area contributed by atoms with Crippen LogP contribution >= 0.6 is 34.3 Å². The largest absolute Gasteiger partial charge is 0.376 e. The van der Waals surface area contributed by atoms with E-state index in [0.29, 0.717) is 20.9 Å². The van der Waals surface area contributed by atoms with E-state index < -0.39 is 0 Å². The van der Waals surface area contributed by atoms with Crippen LogP contribution in [0.4, 0.5) is 5.13 Å². The highest BCUT2D eigenvalue weighted by Crippen LogP contribution is 2.32. The number of rotatable bonds is 4. The van der Waals surface area contributed by atoms with Crippen LogP contribution in [0.25, 0.3) is 10.2 Å². The van der Waals surface area contributed by atoms with Crippen molar-refractivity contribution in [3.8, 4) is 0 Å². The van der Waals surface area contributed by atoms with Gasteiger partial charge in [-0.25, -0.2) is 4.98 Å². The molecule has 0 aliphatic carbocycles. The molecule has 3 aromatic rings. The minimum absolute atomic E-state index is 0.0661. The molecule has 2 aromatic heterocycles. The Morgan fingerprint density at radius 1 is 1.29 bits per heavy atom. The summed E-state index contributed by atoms with van der Waals surface area (Å²) < 4.78 is 7.41. The van der Waals surface area contributed by atoms with Crippen LogP contribution in [0.1, 0.15) is 22.5 Å². The summed E-state index contributed by atoms with van der Waals surface area (Å²) in [7, 11) is 0. The Morgan fingerprint density at radius 2 is 2.17 bits per heavy atom. The third kappa shape index (κ3) is 3.19. The van der Waals surface area contributed by atoms with Gasteiger partial charge in [0.15, 0.2) is 5.13 Å². The smallest absolute Gasteiger partial charge is 0.270 e. The SMILES string of the molecule is O=C(c1ccc(Cl)s1)N(CC1CCCO1)c1nc2ccccc2s1. The molecule has 4 nitrogen and oxygen atoms in total. The summed E-state index contributed by atoms with van der Waals surface area (Å²) in [5, 5.41) is 0.709. The maximum absolute atomic E-state index is 13.0. The second-order valence-corrected chi connectivity index (χ2v) is 8.34. The molecule has 1 saturated heterocycles. The molecule has 1 unspecified atom stereocenters. The number of thiazole rings is 1. The summed E-state index contributed by atoms with van der Waals surface area (Å²) >= 11 is 8.82. The first-order valence-electron chi connectivity index (χ1n) is 7.75. The molecule has 0 N–H and O–H groups in total. The van der Waals surface area contributed by atoms with Crippen LogP contribution in [0.15, 0.2) is 36.4 Å². The lowest BCUT2D eigenvalue weighted by Crippen LogP contribution is -2.37. The van der Waals surface area contributed by atoms with Crippen LogP contribution in [0, 0.1) is 0 Å². The second kappa shape index (κ2) is 6.80. The fraction of sp³-hybridized carbons (Fsp3) is 0.294. The van der Waals surface area contributed by atoms with Gasteiger partial charge in [0, 0.05) is 6.61 Å². The molecule has 1 fully saturated rings. The van der Waals surface area contributed by atoms with Crippen LogP contribution in [0.5, 0.6) is 0 Å². The quantitative estimate of drug-likeness (QED) is 0.652. The van der Waals surface area contributed by atoms with E-state index in [4.69, 9.17) is 16.3 Å². The van der Waals surface area contributed by atoms with Gasteiger partial charge < -0.3 is 4.74 Å². The number of anilines is 1. The molecule has 0 saturated carbocycles. The molecule has 1 atom stereocenters. The molecule has 0 spiro atoms. The van der Waals surface area contributed by atoms with Gasteiger partial charge in [-0.05, 0) is 37.1 Å². The van der Waals surface area contributed by atoms with E-state index in [9.17, 15) is 4.79 Å². The Labute approximate surface area is 152 Å². The summed E-state index contributed by atoms with van der Waals surface area (Å²) in [6.07, 6.45) is 2.08. The molecule has 1 amide bonds. The van der Waals surface area contributed by atoms with E-state index in [-0.39, 0.29) is 12.0 Å². The topological polar surface area (TPSA) is 42.4 Å². The first kappa shape index (κ1) is 16.0. The predicted octanol–water partition coefficient (Wildman–Crippen LogP) is 4.84. The zero-order valence-corrected chi connectivity index (χ0v) is 15.2. The van der Waals surface area contributed by atoms with E-state index in [2.05, 4.69) is 4.98 Å². The van der Waals surface area contributed by atoms with Crippen LogP contribution < -0.4 is 4.90 Å². The zero-order chi connectivity index (χ0) is 16.5. The lowest BCUT2D eigenvalue weighted by Gasteiger charge is -2.22. The second-order valence-electron chi connectivity index (χ2n) is 5.62. The van der Waals surface area contributed by atoms with Crippen molar-refractivity contribution in [1.29, 1.82) is 0 Å². The molecule has 24 heavy (non-hydrogen) atoms. The normalized spacial score (nSPS) is 17.5. The minimum atomic E-state index is -0.0681. The number of nitrogens with zero attached hydrogens (tertiary/aromatic N) is 2. The van der Waals surface area contributed by atoms with Gasteiger partial charge in [-0.15, -0.1) is 11.3 Å². The third-order valence-electron chi connectivity index (χ3n) is 3.95. The van der Waals surface area contributed by atoms with Crippen molar-refractivity contribution in [2.45, 2.75) is 18.9 Å². The van der Waals surface area contributed by atoms with Gasteiger partial charge in [0.1, 0.15) is 0 Å². The Kier molecular flexibility index (Phi) is 4.54. The van der Waals surface area contributed by atoms with Gasteiger partial charge in [-0.2, -0.15) is 0 Å². The van der Waals surface area contributed by atoms with E-state index in [0.717, 1.165) is 29.7 Å². The number of amides is 1. The molecular formula is C17H15ClN2O2S2. The van der Waals surface area contributed by atoms with Crippen molar-refractivity contribution >= 4 is 55.5 Å².